The van der Waals surface area contributed by atoms with E-state index in [2.05, 4.69) is 20.2 Å². The number of aryl methyl sites for hydroxylation is 1. The Kier molecular flexibility index (Phi) is 2.81. The van der Waals surface area contributed by atoms with Crippen molar-refractivity contribution in [1.82, 2.24) is 20.2 Å². The monoisotopic (exact) mass is 263 g/mol. The first-order valence-corrected chi connectivity index (χ1v) is 6.03. The highest BCUT2D eigenvalue weighted by molar-refractivity contribution is 5.40. The number of fused-ring (bicyclic) bond motifs is 1. The molecule has 100 valence electrons. The van der Waals surface area contributed by atoms with E-state index in [1.807, 2.05) is 11.8 Å². The smallest absolute Gasteiger partial charge is 0.255 e. The molecule has 2 aromatic rings. The summed E-state index contributed by atoms with van der Waals surface area (Å²) in [6.45, 7) is 3.42. The fraction of sp³-hybridized carbons (Fsp3) is 0.417. The predicted octanol–water partition coefficient (Wildman–Crippen LogP) is 1.22. The minimum Gasteiger partial charge on any atom is -0.479 e. The lowest BCUT2D eigenvalue weighted by Crippen LogP contribution is -2.31. The molecular formula is C12H14FN5O. The Labute approximate surface area is 109 Å². The van der Waals surface area contributed by atoms with E-state index in [-0.39, 0.29) is 5.88 Å². The van der Waals surface area contributed by atoms with Gasteiger partial charge in [0.1, 0.15) is 0 Å². The maximum absolute atomic E-state index is 13.3. The lowest BCUT2D eigenvalue weighted by Gasteiger charge is -2.26. The van der Waals surface area contributed by atoms with Crippen LogP contribution in [-0.4, -0.2) is 33.8 Å². The van der Waals surface area contributed by atoms with E-state index in [0.29, 0.717) is 12.5 Å². The molecule has 0 saturated carbocycles. The molecule has 0 spiro atoms. The van der Waals surface area contributed by atoms with E-state index in [1.54, 1.807) is 0 Å². The van der Waals surface area contributed by atoms with Gasteiger partial charge < -0.3 is 9.64 Å². The molecule has 0 aromatic carbocycles. The number of hydrogen-bond acceptors (Lipinski definition) is 5. The molecule has 1 N–H and O–H groups in total. The van der Waals surface area contributed by atoms with Crippen molar-refractivity contribution >= 4 is 5.95 Å². The molecule has 0 saturated heterocycles. The topological polar surface area (TPSA) is 66.9 Å². The zero-order valence-electron chi connectivity index (χ0n) is 10.8. The van der Waals surface area contributed by atoms with E-state index >= 15 is 0 Å². The van der Waals surface area contributed by atoms with Crippen molar-refractivity contribution in [1.29, 1.82) is 0 Å². The Morgan fingerprint density at radius 3 is 3.11 bits per heavy atom. The second kappa shape index (κ2) is 4.49. The van der Waals surface area contributed by atoms with Crippen molar-refractivity contribution in [3.8, 4) is 5.88 Å². The Morgan fingerprint density at radius 2 is 2.32 bits per heavy atom. The highest BCUT2D eigenvalue weighted by Gasteiger charge is 2.23. The molecule has 1 aliphatic rings. The molecule has 0 amide bonds. The number of rotatable bonds is 2. The number of aromatic nitrogens is 4. The van der Waals surface area contributed by atoms with Gasteiger partial charge in [0.25, 0.3) is 5.88 Å². The van der Waals surface area contributed by atoms with E-state index in [0.717, 1.165) is 36.1 Å². The standard InChI is InChI=1S/C12H14FN5O/c1-7-8-6-18(4-3-10(8)17-16-7)12-14-5-9(13)11(15-12)19-2/h5H,3-4,6H2,1-2H3,(H,16,17). The molecule has 0 aliphatic carbocycles. The minimum atomic E-state index is -0.552. The molecule has 1 aliphatic heterocycles. The van der Waals surface area contributed by atoms with Gasteiger partial charge in [-0.15, -0.1) is 0 Å². The highest BCUT2D eigenvalue weighted by atomic mass is 19.1. The third-order valence-corrected chi connectivity index (χ3v) is 3.30. The minimum absolute atomic E-state index is 0.0280. The van der Waals surface area contributed by atoms with Crippen LogP contribution in [0.3, 0.4) is 0 Å². The number of H-pyrrole nitrogens is 1. The number of nitrogens with zero attached hydrogens (tertiary/aromatic N) is 4. The van der Waals surface area contributed by atoms with E-state index in [9.17, 15) is 4.39 Å². The van der Waals surface area contributed by atoms with Crippen molar-refractivity contribution in [2.75, 3.05) is 18.6 Å². The van der Waals surface area contributed by atoms with Gasteiger partial charge in [-0.3, -0.25) is 5.10 Å². The lowest BCUT2D eigenvalue weighted by molar-refractivity contribution is 0.366. The van der Waals surface area contributed by atoms with Crippen LogP contribution in [-0.2, 0) is 13.0 Å². The summed E-state index contributed by atoms with van der Waals surface area (Å²) in [5.74, 6) is -0.104. The lowest BCUT2D eigenvalue weighted by atomic mass is 10.1. The van der Waals surface area contributed by atoms with Gasteiger partial charge in [0.2, 0.25) is 11.8 Å². The summed E-state index contributed by atoms with van der Waals surface area (Å²) in [6.07, 6.45) is 1.96. The molecular weight excluding hydrogens is 249 g/mol. The molecule has 0 bridgehead atoms. The quantitative estimate of drug-likeness (QED) is 0.882. The van der Waals surface area contributed by atoms with E-state index in [4.69, 9.17) is 4.74 Å². The summed E-state index contributed by atoms with van der Waals surface area (Å²) in [5.41, 5.74) is 3.30. The van der Waals surface area contributed by atoms with Gasteiger partial charge in [-0.05, 0) is 6.92 Å². The molecule has 0 atom stereocenters. The van der Waals surface area contributed by atoms with Crippen LogP contribution in [0.25, 0.3) is 0 Å². The Morgan fingerprint density at radius 1 is 1.47 bits per heavy atom. The third kappa shape index (κ3) is 2.00. The second-order valence-corrected chi connectivity index (χ2v) is 4.47. The molecule has 19 heavy (non-hydrogen) atoms. The van der Waals surface area contributed by atoms with Gasteiger partial charge >= 0.3 is 0 Å². The molecule has 6 nitrogen and oxygen atoms in total. The summed E-state index contributed by atoms with van der Waals surface area (Å²) in [6, 6.07) is 0. The Balaban J connectivity index is 1.90. The van der Waals surface area contributed by atoms with Crippen LogP contribution in [0.2, 0.25) is 0 Å². The third-order valence-electron chi connectivity index (χ3n) is 3.30. The molecule has 0 radical (unpaired) electrons. The van der Waals surface area contributed by atoms with Crippen molar-refractivity contribution in [2.24, 2.45) is 0 Å². The highest BCUT2D eigenvalue weighted by Crippen LogP contribution is 2.24. The zero-order chi connectivity index (χ0) is 13.4. The number of methoxy groups -OCH3 is 1. The normalized spacial score (nSPS) is 14.4. The Hall–Kier alpha value is -2.18. The fourth-order valence-corrected chi connectivity index (χ4v) is 2.24. The predicted molar refractivity (Wildman–Crippen MR) is 66.6 cm³/mol. The van der Waals surface area contributed by atoms with Gasteiger partial charge in [-0.2, -0.15) is 14.5 Å². The molecule has 0 fully saturated rings. The van der Waals surface area contributed by atoms with Gasteiger partial charge in [0, 0.05) is 30.8 Å². The SMILES string of the molecule is COc1nc(N2CCc3n[nH]c(C)c3C2)ncc1F. The first-order valence-electron chi connectivity index (χ1n) is 6.03. The largest absolute Gasteiger partial charge is 0.479 e. The maximum Gasteiger partial charge on any atom is 0.255 e. The van der Waals surface area contributed by atoms with Crippen LogP contribution >= 0.6 is 0 Å². The van der Waals surface area contributed by atoms with Crippen LogP contribution < -0.4 is 9.64 Å². The van der Waals surface area contributed by atoms with Gasteiger partial charge in [-0.1, -0.05) is 0 Å². The summed E-state index contributed by atoms with van der Waals surface area (Å²) >= 11 is 0. The summed E-state index contributed by atoms with van der Waals surface area (Å²) in [7, 11) is 1.39. The zero-order valence-corrected chi connectivity index (χ0v) is 10.8. The van der Waals surface area contributed by atoms with Crippen LogP contribution in [0.5, 0.6) is 5.88 Å². The van der Waals surface area contributed by atoms with Gasteiger partial charge in [0.05, 0.1) is 19.0 Å². The Bertz CT molecular complexity index is 612. The van der Waals surface area contributed by atoms with Gasteiger partial charge in [0.15, 0.2) is 0 Å². The van der Waals surface area contributed by atoms with Crippen molar-refractivity contribution in [3.63, 3.8) is 0 Å². The average molecular weight is 263 g/mol. The molecule has 0 unspecified atom stereocenters. The van der Waals surface area contributed by atoms with Crippen LogP contribution in [0, 0.1) is 12.7 Å². The average Bonchev–Trinajstić information content (AvgIpc) is 2.80. The summed E-state index contributed by atoms with van der Waals surface area (Å²) in [5, 5.41) is 7.24. The molecule has 3 rings (SSSR count). The van der Waals surface area contributed by atoms with Crippen molar-refractivity contribution in [2.45, 2.75) is 19.9 Å². The number of anilines is 1. The van der Waals surface area contributed by atoms with Crippen LogP contribution in [0.15, 0.2) is 6.20 Å². The molecule has 7 heteroatoms. The van der Waals surface area contributed by atoms with E-state index < -0.39 is 5.82 Å². The fourth-order valence-electron chi connectivity index (χ4n) is 2.24. The first-order chi connectivity index (χ1) is 9.19. The number of aromatic amines is 1. The van der Waals surface area contributed by atoms with Crippen molar-refractivity contribution < 1.29 is 9.13 Å². The van der Waals surface area contributed by atoms with Crippen LogP contribution in [0.1, 0.15) is 17.0 Å². The summed E-state index contributed by atoms with van der Waals surface area (Å²) in [4.78, 5) is 10.1. The summed E-state index contributed by atoms with van der Waals surface area (Å²) < 4.78 is 18.2. The molecule has 2 aromatic heterocycles. The van der Waals surface area contributed by atoms with Crippen molar-refractivity contribution in [3.05, 3.63) is 29.0 Å². The maximum atomic E-state index is 13.3. The van der Waals surface area contributed by atoms with Gasteiger partial charge in [-0.25, -0.2) is 4.98 Å². The van der Waals surface area contributed by atoms with E-state index in [1.165, 1.54) is 7.11 Å². The number of hydrogen-bond donors (Lipinski definition) is 1. The second-order valence-electron chi connectivity index (χ2n) is 4.47. The number of halogens is 1. The number of nitrogens with one attached hydrogen (secondary N) is 1. The van der Waals surface area contributed by atoms with Crippen LogP contribution in [0.4, 0.5) is 10.3 Å². The number of ether oxygens (including phenoxy) is 1. The first kappa shape index (κ1) is 11.9. The molecule has 3 heterocycles.